The average molecular weight is 296 g/mol. The lowest BCUT2D eigenvalue weighted by atomic mass is 10.2. The largest absolute Gasteiger partial charge is 0.357 e. The summed E-state index contributed by atoms with van der Waals surface area (Å²) < 4.78 is 1.69. The number of fused-ring (bicyclic) bond motifs is 2. The van der Waals surface area contributed by atoms with E-state index in [9.17, 15) is 4.79 Å². The first-order valence-electron chi connectivity index (χ1n) is 7.37. The maximum atomic E-state index is 12.3. The van der Waals surface area contributed by atoms with Crippen LogP contribution in [0.25, 0.3) is 11.0 Å². The molecule has 7 heteroatoms. The Labute approximate surface area is 126 Å². The van der Waals surface area contributed by atoms with Crippen LogP contribution in [0.15, 0.2) is 23.0 Å². The van der Waals surface area contributed by atoms with E-state index in [0.29, 0.717) is 6.54 Å². The lowest BCUT2D eigenvalue weighted by molar-refractivity contribution is 0.693. The molecule has 0 saturated heterocycles. The van der Waals surface area contributed by atoms with Gasteiger partial charge in [-0.25, -0.2) is 4.98 Å². The first kappa shape index (κ1) is 13.0. The molecule has 1 aromatic carbocycles. The highest BCUT2D eigenvalue weighted by Gasteiger charge is 2.16. The van der Waals surface area contributed by atoms with Crippen LogP contribution in [0.2, 0.25) is 0 Å². The Morgan fingerprint density at radius 2 is 2.27 bits per heavy atom. The quantitative estimate of drug-likeness (QED) is 0.762. The molecular formula is C15H16N6O. The number of para-hydroxylation sites is 1. The predicted octanol–water partition coefficient (Wildman–Crippen LogP) is 1.38. The van der Waals surface area contributed by atoms with Crippen molar-refractivity contribution in [1.29, 1.82) is 0 Å². The Morgan fingerprint density at radius 1 is 1.36 bits per heavy atom. The van der Waals surface area contributed by atoms with E-state index >= 15 is 0 Å². The number of H-pyrrole nitrogens is 1. The number of nitrogens with zero attached hydrogens (tertiary/aromatic N) is 4. The number of imidazole rings is 1. The van der Waals surface area contributed by atoms with Gasteiger partial charge in [0.25, 0.3) is 5.56 Å². The highest BCUT2D eigenvalue weighted by atomic mass is 16.1. The Bertz CT molecular complexity index is 910. The van der Waals surface area contributed by atoms with Crippen LogP contribution >= 0.6 is 0 Å². The van der Waals surface area contributed by atoms with Gasteiger partial charge in [0.2, 0.25) is 5.82 Å². The number of benzene rings is 1. The van der Waals surface area contributed by atoms with E-state index in [0.717, 1.165) is 47.6 Å². The molecule has 0 amide bonds. The van der Waals surface area contributed by atoms with Crippen LogP contribution in [0, 0.1) is 6.92 Å². The summed E-state index contributed by atoms with van der Waals surface area (Å²) in [5.41, 5.74) is 2.97. The minimum atomic E-state index is -0.102. The molecule has 0 saturated carbocycles. The van der Waals surface area contributed by atoms with Gasteiger partial charge in [0.1, 0.15) is 11.6 Å². The molecule has 2 aromatic heterocycles. The van der Waals surface area contributed by atoms with Gasteiger partial charge in [-0.2, -0.15) is 0 Å². The molecule has 1 aliphatic heterocycles. The number of aromatic nitrogens is 5. The second-order valence-electron chi connectivity index (χ2n) is 5.53. The molecule has 0 fully saturated rings. The first-order valence-corrected chi connectivity index (χ1v) is 7.37. The molecule has 1 aliphatic rings. The molecule has 0 bridgehead atoms. The third-order valence-electron chi connectivity index (χ3n) is 3.99. The SMILES string of the molecule is Cc1cccc2[nH]c(CNc3nnc4n(c3=O)CCC4)nc12. The van der Waals surface area contributed by atoms with Crippen LogP contribution in [0.4, 0.5) is 5.82 Å². The van der Waals surface area contributed by atoms with Crippen molar-refractivity contribution in [3.8, 4) is 0 Å². The lowest BCUT2D eigenvalue weighted by Gasteiger charge is -2.05. The predicted molar refractivity (Wildman–Crippen MR) is 82.8 cm³/mol. The molecule has 0 spiro atoms. The zero-order valence-corrected chi connectivity index (χ0v) is 12.3. The van der Waals surface area contributed by atoms with E-state index in [4.69, 9.17) is 0 Å². The number of anilines is 1. The van der Waals surface area contributed by atoms with Crippen molar-refractivity contribution < 1.29 is 0 Å². The van der Waals surface area contributed by atoms with E-state index in [1.54, 1.807) is 4.57 Å². The number of hydrogen-bond donors (Lipinski definition) is 2. The molecule has 0 atom stereocenters. The van der Waals surface area contributed by atoms with Crippen molar-refractivity contribution in [2.75, 3.05) is 5.32 Å². The summed E-state index contributed by atoms with van der Waals surface area (Å²) in [6.07, 6.45) is 1.78. The molecule has 112 valence electrons. The topological polar surface area (TPSA) is 88.5 Å². The number of rotatable bonds is 3. The van der Waals surface area contributed by atoms with Crippen molar-refractivity contribution in [1.82, 2.24) is 24.7 Å². The zero-order valence-electron chi connectivity index (χ0n) is 12.3. The van der Waals surface area contributed by atoms with Gasteiger partial charge in [-0.05, 0) is 25.0 Å². The van der Waals surface area contributed by atoms with Crippen molar-refractivity contribution in [3.63, 3.8) is 0 Å². The molecule has 3 heterocycles. The Balaban J connectivity index is 1.59. The smallest absolute Gasteiger partial charge is 0.296 e. The zero-order chi connectivity index (χ0) is 15.1. The molecule has 2 N–H and O–H groups in total. The van der Waals surface area contributed by atoms with Crippen molar-refractivity contribution in [2.24, 2.45) is 0 Å². The van der Waals surface area contributed by atoms with Crippen LogP contribution in [-0.2, 0) is 19.5 Å². The van der Waals surface area contributed by atoms with Crippen molar-refractivity contribution in [2.45, 2.75) is 32.9 Å². The fourth-order valence-corrected chi connectivity index (χ4v) is 2.85. The summed E-state index contributed by atoms with van der Waals surface area (Å²) in [6, 6.07) is 6.01. The second-order valence-corrected chi connectivity index (χ2v) is 5.53. The number of aromatic amines is 1. The minimum Gasteiger partial charge on any atom is -0.357 e. The Kier molecular flexibility index (Phi) is 2.92. The fraction of sp³-hybridized carbons (Fsp3) is 0.333. The summed E-state index contributed by atoms with van der Waals surface area (Å²) in [4.78, 5) is 20.1. The molecule has 4 rings (SSSR count). The molecular weight excluding hydrogens is 280 g/mol. The van der Waals surface area contributed by atoms with E-state index in [1.165, 1.54) is 0 Å². The van der Waals surface area contributed by atoms with Gasteiger partial charge in [0, 0.05) is 13.0 Å². The van der Waals surface area contributed by atoms with Gasteiger partial charge >= 0.3 is 0 Å². The summed E-state index contributed by atoms with van der Waals surface area (Å²) in [5.74, 6) is 1.83. The summed E-state index contributed by atoms with van der Waals surface area (Å²) in [7, 11) is 0. The molecule has 0 radical (unpaired) electrons. The standard InChI is InChI=1S/C15H16N6O/c1-9-4-2-5-10-13(9)18-11(17-10)8-16-14-15(22)21-7-3-6-12(21)19-20-14/h2,4-5H,3,6-8H2,1H3,(H,16,20)(H,17,18). The van der Waals surface area contributed by atoms with Gasteiger partial charge in [0.05, 0.1) is 17.6 Å². The van der Waals surface area contributed by atoms with Crippen molar-refractivity contribution in [3.05, 3.63) is 45.8 Å². The van der Waals surface area contributed by atoms with Gasteiger partial charge < -0.3 is 10.3 Å². The van der Waals surface area contributed by atoms with Crippen LogP contribution in [0.1, 0.15) is 23.6 Å². The molecule has 3 aromatic rings. The van der Waals surface area contributed by atoms with E-state index in [2.05, 4.69) is 25.5 Å². The average Bonchev–Trinajstić information content (AvgIpc) is 3.13. The van der Waals surface area contributed by atoms with Gasteiger partial charge in [0.15, 0.2) is 0 Å². The molecule has 22 heavy (non-hydrogen) atoms. The lowest BCUT2D eigenvalue weighted by Crippen LogP contribution is -2.26. The van der Waals surface area contributed by atoms with Gasteiger partial charge in [-0.15, -0.1) is 10.2 Å². The summed E-state index contributed by atoms with van der Waals surface area (Å²) in [6.45, 7) is 3.17. The minimum absolute atomic E-state index is 0.102. The molecule has 0 aliphatic carbocycles. The highest BCUT2D eigenvalue weighted by Crippen LogP contribution is 2.16. The van der Waals surface area contributed by atoms with Crippen molar-refractivity contribution >= 4 is 16.9 Å². The maximum Gasteiger partial charge on any atom is 0.296 e. The van der Waals surface area contributed by atoms with E-state index < -0.39 is 0 Å². The van der Waals surface area contributed by atoms with Crippen LogP contribution < -0.4 is 10.9 Å². The van der Waals surface area contributed by atoms with Gasteiger partial charge in [-0.3, -0.25) is 9.36 Å². The van der Waals surface area contributed by atoms with Crippen LogP contribution in [0.3, 0.4) is 0 Å². The third kappa shape index (κ3) is 2.05. The molecule has 0 unspecified atom stereocenters. The summed E-state index contributed by atoms with van der Waals surface area (Å²) >= 11 is 0. The van der Waals surface area contributed by atoms with E-state index in [1.807, 2.05) is 25.1 Å². The normalized spacial score (nSPS) is 13.5. The van der Waals surface area contributed by atoms with Crippen LogP contribution in [0.5, 0.6) is 0 Å². The first-order chi connectivity index (χ1) is 10.7. The fourth-order valence-electron chi connectivity index (χ4n) is 2.85. The summed E-state index contributed by atoms with van der Waals surface area (Å²) in [5, 5.41) is 11.1. The molecule has 7 nitrogen and oxygen atoms in total. The monoisotopic (exact) mass is 296 g/mol. The van der Waals surface area contributed by atoms with E-state index in [-0.39, 0.29) is 11.4 Å². The van der Waals surface area contributed by atoms with Crippen LogP contribution in [-0.4, -0.2) is 24.7 Å². The van der Waals surface area contributed by atoms with Gasteiger partial charge in [-0.1, -0.05) is 12.1 Å². The highest BCUT2D eigenvalue weighted by molar-refractivity contribution is 5.78. The Hall–Kier alpha value is -2.70. The second kappa shape index (κ2) is 4.94. The number of hydrogen-bond acceptors (Lipinski definition) is 5. The Morgan fingerprint density at radius 3 is 3.14 bits per heavy atom. The maximum absolute atomic E-state index is 12.3. The third-order valence-corrected chi connectivity index (χ3v) is 3.99. The number of aryl methyl sites for hydroxylation is 2. The number of nitrogens with one attached hydrogen (secondary N) is 2.